The van der Waals surface area contributed by atoms with Gasteiger partial charge in [-0.05, 0) is 18.8 Å². The summed E-state index contributed by atoms with van der Waals surface area (Å²) in [5.41, 5.74) is 0. The van der Waals surface area contributed by atoms with Crippen LogP contribution in [0.3, 0.4) is 0 Å². The summed E-state index contributed by atoms with van der Waals surface area (Å²) in [6, 6.07) is -1.47. The number of hydrogen-bond donors (Lipinski definition) is 3. The molecule has 8 nitrogen and oxygen atoms in total. The molecule has 2 atom stereocenters. The Kier molecular flexibility index (Phi) is 4.44. The van der Waals surface area contributed by atoms with Gasteiger partial charge in [-0.3, -0.25) is 14.4 Å². The van der Waals surface area contributed by atoms with Crippen molar-refractivity contribution in [3.63, 3.8) is 0 Å². The average molecular weight is 298 g/mol. The maximum Gasteiger partial charge on any atom is 0.326 e. The maximum atomic E-state index is 12.0. The Morgan fingerprint density at radius 3 is 2.48 bits per heavy atom. The third-order valence-corrected chi connectivity index (χ3v) is 3.75. The molecule has 2 unspecified atom stereocenters. The van der Waals surface area contributed by atoms with Crippen LogP contribution < -0.4 is 5.32 Å². The minimum absolute atomic E-state index is 0.0535. The molecule has 0 spiro atoms. The molecule has 2 aliphatic rings. The van der Waals surface area contributed by atoms with Crippen LogP contribution in [-0.2, 0) is 19.2 Å². The van der Waals surface area contributed by atoms with Gasteiger partial charge in [0.25, 0.3) is 0 Å². The Hall–Kier alpha value is -2.12. The lowest BCUT2D eigenvalue weighted by Crippen LogP contribution is -2.45. The fourth-order valence-corrected chi connectivity index (χ4v) is 2.40. The third kappa shape index (κ3) is 4.17. The first-order valence-electron chi connectivity index (χ1n) is 6.89. The molecule has 0 bridgehead atoms. The van der Waals surface area contributed by atoms with Crippen molar-refractivity contribution in [3.8, 4) is 0 Å². The van der Waals surface area contributed by atoms with E-state index in [2.05, 4.69) is 5.32 Å². The molecule has 1 heterocycles. The number of carbonyl (C=O) groups is 4. The normalized spacial score (nSPS) is 23.0. The summed E-state index contributed by atoms with van der Waals surface area (Å²) >= 11 is 0. The maximum absolute atomic E-state index is 12.0. The smallest absolute Gasteiger partial charge is 0.326 e. The predicted molar refractivity (Wildman–Crippen MR) is 69.2 cm³/mol. The van der Waals surface area contributed by atoms with Crippen LogP contribution in [-0.4, -0.2) is 58.0 Å². The molecule has 1 aliphatic heterocycles. The largest absolute Gasteiger partial charge is 0.481 e. The summed E-state index contributed by atoms with van der Waals surface area (Å²) in [5.74, 6) is -3.46. The Bertz CT molecular complexity index is 473. The van der Waals surface area contributed by atoms with Gasteiger partial charge >= 0.3 is 11.9 Å². The zero-order chi connectivity index (χ0) is 15.6. The van der Waals surface area contributed by atoms with Gasteiger partial charge in [0.15, 0.2) is 0 Å². The van der Waals surface area contributed by atoms with Crippen LogP contribution in [0.1, 0.15) is 25.7 Å². The number of hydrogen-bond acceptors (Lipinski definition) is 4. The zero-order valence-corrected chi connectivity index (χ0v) is 11.4. The number of carboxylic acid groups (broad SMARTS) is 2. The SMILES string of the molecule is O=C(O)CC(NC(=O)C1CC(=O)N(CC2CC2)C1)C(=O)O. The monoisotopic (exact) mass is 298 g/mol. The summed E-state index contributed by atoms with van der Waals surface area (Å²) in [6.07, 6.45) is 1.56. The quantitative estimate of drug-likeness (QED) is 0.570. The second-order valence-electron chi connectivity index (χ2n) is 5.64. The molecule has 1 aliphatic carbocycles. The van der Waals surface area contributed by atoms with E-state index in [1.54, 1.807) is 4.90 Å². The van der Waals surface area contributed by atoms with E-state index in [-0.39, 0.29) is 18.9 Å². The lowest BCUT2D eigenvalue weighted by atomic mass is 10.1. The second kappa shape index (κ2) is 6.11. The molecule has 2 amide bonds. The molecule has 8 heteroatoms. The molecule has 21 heavy (non-hydrogen) atoms. The second-order valence-corrected chi connectivity index (χ2v) is 5.64. The van der Waals surface area contributed by atoms with Crippen LogP contribution in [0, 0.1) is 11.8 Å². The van der Waals surface area contributed by atoms with Gasteiger partial charge in [0, 0.05) is 19.5 Å². The van der Waals surface area contributed by atoms with E-state index in [0.29, 0.717) is 12.5 Å². The van der Waals surface area contributed by atoms with Crippen LogP contribution in [0.4, 0.5) is 0 Å². The molecule has 2 rings (SSSR count). The molecule has 116 valence electrons. The highest BCUT2D eigenvalue weighted by Gasteiger charge is 2.38. The molecular formula is C13H18N2O6. The Labute approximate surface area is 121 Å². The summed E-state index contributed by atoms with van der Waals surface area (Å²) in [6.45, 7) is 0.931. The highest BCUT2D eigenvalue weighted by atomic mass is 16.4. The van der Waals surface area contributed by atoms with Gasteiger partial charge in [0.1, 0.15) is 6.04 Å². The number of likely N-dealkylation sites (tertiary alicyclic amines) is 1. The molecule has 0 aromatic carbocycles. The average Bonchev–Trinajstić information content (AvgIpc) is 3.11. The number of amides is 2. The standard InChI is InChI=1S/C13H18N2O6/c16-10-3-8(6-15(10)5-7-1-2-7)12(19)14-9(13(20)21)4-11(17)18/h7-9H,1-6H2,(H,14,19)(H,17,18)(H,20,21). The molecule has 0 aromatic heterocycles. The molecule has 2 fully saturated rings. The summed E-state index contributed by atoms with van der Waals surface area (Å²) in [4.78, 5) is 46.9. The fourth-order valence-electron chi connectivity index (χ4n) is 2.40. The Balaban J connectivity index is 1.88. The third-order valence-electron chi connectivity index (χ3n) is 3.75. The summed E-state index contributed by atoms with van der Waals surface area (Å²) in [7, 11) is 0. The van der Waals surface area contributed by atoms with Crippen molar-refractivity contribution in [2.24, 2.45) is 11.8 Å². The van der Waals surface area contributed by atoms with Gasteiger partial charge in [-0.15, -0.1) is 0 Å². The van der Waals surface area contributed by atoms with Crippen molar-refractivity contribution in [2.45, 2.75) is 31.7 Å². The first-order valence-corrected chi connectivity index (χ1v) is 6.89. The first-order chi connectivity index (χ1) is 9.86. The van der Waals surface area contributed by atoms with Crippen molar-refractivity contribution in [1.29, 1.82) is 0 Å². The van der Waals surface area contributed by atoms with E-state index in [9.17, 15) is 19.2 Å². The van der Waals surface area contributed by atoms with Crippen LogP contribution in [0.2, 0.25) is 0 Å². The van der Waals surface area contributed by atoms with Crippen LogP contribution in [0.25, 0.3) is 0 Å². The molecule has 1 saturated carbocycles. The van der Waals surface area contributed by atoms with Gasteiger partial charge in [0.05, 0.1) is 12.3 Å². The number of aliphatic carboxylic acids is 2. The van der Waals surface area contributed by atoms with E-state index in [0.717, 1.165) is 12.8 Å². The van der Waals surface area contributed by atoms with Crippen LogP contribution >= 0.6 is 0 Å². The van der Waals surface area contributed by atoms with Crippen molar-refractivity contribution in [1.82, 2.24) is 10.2 Å². The molecule has 0 aromatic rings. The topological polar surface area (TPSA) is 124 Å². The predicted octanol–water partition coefficient (Wildman–Crippen LogP) is -0.711. The fraction of sp³-hybridized carbons (Fsp3) is 0.692. The summed E-state index contributed by atoms with van der Waals surface area (Å²) < 4.78 is 0. The zero-order valence-electron chi connectivity index (χ0n) is 11.4. The van der Waals surface area contributed by atoms with Gasteiger partial charge in [0.2, 0.25) is 11.8 Å². The minimum Gasteiger partial charge on any atom is -0.481 e. The summed E-state index contributed by atoms with van der Waals surface area (Å²) in [5, 5.41) is 19.7. The van der Waals surface area contributed by atoms with Crippen molar-refractivity contribution >= 4 is 23.8 Å². The highest BCUT2D eigenvalue weighted by molar-refractivity contribution is 5.92. The van der Waals surface area contributed by atoms with Crippen LogP contribution in [0.5, 0.6) is 0 Å². The molecular weight excluding hydrogens is 280 g/mol. The number of carboxylic acids is 2. The molecule has 1 saturated heterocycles. The van der Waals surface area contributed by atoms with Crippen molar-refractivity contribution in [2.75, 3.05) is 13.1 Å². The van der Waals surface area contributed by atoms with Crippen molar-refractivity contribution < 1.29 is 29.4 Å². The Morgan fingerprint density at radius 2 is 1.95 bits per heavy atom. The van der Waals surface area contributed by atoms with E-state index in [1.165, 1.54) is 0 Å². The number of nitrogens with one attached hydrogen (secondary N) is 1. The number of nitrogens with zero attached hydrogens (tertiary/aromatic N) is 1. The van der Waals surface area contributed by atoms with E-state index in [1.807, 2.05) is 0 Å². The van der Waals surface area contributed by atoms with Gasteiger partial charge in [-0.2, -0.15) is 0 Å². The Morgan fingerprint density at radius 1 is 1.29 bits per heavy atom. The van der Waals surface area contributed by atoms with E-state index in [4.69, 9.17) is 10.2 Å². The van der Waals surface area contributed by atoms with Crippen molar-refractivity contribution in [3.05, 3.63) is 0 Å². The van der Waals surface area contributed by atoms with Gasteiger partial charge in [-0.25, -0.2) is 4.79 Å². The number of rotatable bonds is 7. The lowest BCUT2D eigenvalue weighted by molar-refractivity contribution is -0.147. The highest BCUT2D eigenvalue weighted by Crippen LogP contribution is 2.32. The van der Waals surface area contributed by atoms with Crippen LogP contribution in [0.15, 0.2) is 0 Å². The molecule has 3 N–H and O–H groups in total. The lowest BCUT2D eigenvalue weighted by Gasteiger charge is -2.17. The van der Waals surface area contributed by atoms with Gasteiger partial charge in [-0.1, -0.05) is 0 Å². The number of carbonyl (C=O) groups excluding carboxylic acids is 2. The minimum atomic E-state index is -1.47. The van der Waals surface area contributed by atoms with E-state index < -0.39 is 36.2 Å². The first kappa shape index (κ1) is 15.3. The van der Waals surface area contributed by atoms with E-state index >= 15 is 0 Å². The molecule has 0 radical (unpaired) electrons. The van der Waals surface area contributed by atoms with Gasteiger partial charge < -0.3 is 20.4 Å².